The van der Waals surface area contributed by atoms with Gasteiger partial charge in [0.25, 0.3) is 0 Å². The molecule has 0 unspecified atom stereocenters. The molecule has 0 atom stereocenters. The van der Waals surface area contributed by atoms with E-state index in [0.29, 0.717) is 0 Å². The summed E-state index contributed by atoms with van der Waals surface area (Å²) >= 11 is 0. The van der Waals surface area contributed by atoms with Gasteiger partial charge in [0, 0.05) is 28.7 Å². The predicted octanol–water partition coefficient (Wildman–Crippen LogP) is 5.64. The second-order valence-electron chi connectivity index (χ2n) is 6.18. The summed E-state index contributed by atoms with van der Waals surface area (Å²) in [6.07, 6.45) is 1.55. The number of aromatic nitrogens is 2. The number of rotatable bonds is 6. The lowest BCUT2D eigenvalue weighted by Gasteiger charge is -2.11. The Hall–Kier alpha value is -3.86. The van der Waals surface area contributed by atoms with Crippen molar-refractivity contribution in [3.63, 3.8) is 0 Å². The van der Waals surface area contributed by atoms with Crippen LogP contribution >= 0.6 is 0 Å². The van der Waals surface area contributed by atoms with Gasteiger partial charge in [-0.15, -0.1) is 0 Å². The van der Waals surface area contributed by atoms with Gasteiger partial charge in [-0.05, 0) is 48.5 Å². The molecule has 3 aromatic carbocycles. The number of hydrogen-bond donors (Lipinski definition) is 2. The fourth-order valence-electron chi connectivity index (χ4n) is 2.90. The van der Waals surface area contributed by atoms with E-state index in [2.05, 4.69) is 20.6 Å². The molecule has 4 rings (SSSR count). The molecule has 138 valence electrons. The molecule has 1 aromatic heterocycles. The molecule has 4 aromatic rings. The first kappa shape index (κ1) is 17.5. The number of para-hydroxylation sites is 2. The van der Waals surface area contributed by atoms with E-state index < -0.39 is 0 Å². The number of benzene rings is 3. The van der Waals surface area contributed by atoms with Crippen molar-refractivity contribution in [3.05, 3.63) is 91.3 Å². The fraction of sp³-hybridized carbons (Fsp3) is 0.0435. The average Bonchev–Trinajstić information content (AvgIpc) is 2.76. The van der Waals surface area contributed by atoms with Crippen LogP contribution in [-0.4, -0.2) is 17.1 Å². The molecule has 5 nitrogen and oxygen atoms in total. The third-order valence-electron chi connectivity index (χ3n) is 4.27. The zero-order valence-corrected chi connectivity index (χ0v) is 15.5. The highest BCUT2D eigenvalue weighted by molar-refractivity contribution is 5.71. The van der Waals surface area contributed by atoms with E-state index in [1.54, 1.807) is 13.4 Å². The van der Waals surface area contributed by atoms with E-state index in [9.17, 15) is 0 Å². The summed E-state index contributed by atoms with van der Waals surface area (Å²) < 4.78 is 5.43. The molecule has 5 heteroatoms. The first-order valence-electron chi connectivity index (χ1n) is 8.96. The molecular formula is C23H20N4O. The van der Waals surface area contributed by atoms with Crippen LogP contribution in [0.1, 0.15) is 0 Å². The lowest BCUT2D eigenvalue weighted by atomic mass is 10.1. The van der Waals surface area contributed by atoms with Gasteiger partial charge >= 0.3 is 0 Å². The summed E-state index contributed by atoms with van der Waals surface area (Å²) in [5.41, 5.74) is 4.76. The van der Waals surface area contributed by atoms with Crippen molar-refractivity contribution in [3.8, 4) is 17.0 Å². The normalized spacial score (nSPS) is 10.3. The SMILES string of the molecule is COc1ccccc1-c1cc(Nc2ccc(Nc3ccccc3)cc2)ncn1. The van der Waals surface area contributed by atoms with Gasteiger partial charge in [0.05, 0.1) is 12.8 Å². The van der Waals surface area contributed by atoms with Crippen molar-refractivity contribution in [2.24, 2.45) is 0 Å². The third kappa shape index (κ3) is 4.10. The zero-order chi connectivity index (χ0) is 19.2. The highest BCUT2D eigenvalue weighted by Crippen LogP contribution is 2.29. The molecule has 0 aliphatic rings. The van der Waals surface area contributed by atoms with Gasteiger partial charge in [0.15, 0.2) is 0 Å². The van der Waals surface area contributed by atoms with Crippen LogP contribution < -0.4 is 15.4 Å². The van der Waals surface area contributed by atoms with Crippen molar-refractivity contribution in [1.82, 2.24) is 9.97 Å². The van der Waals surface area contributed by atoms with Crippen molar-refractivity contribution >= 4 is 22.9 Å². The molecule has 0 radical (unpaired) electrons. The number of methoxy groups -OCH3 is 1. The first-order valence-corrected chi connectivity index (χ1v) is 8.96. The smallest absolute Gasteiger partial charge is 0.134 e. The van der Waals surface area contributed by atoms with Gasteiger partial charge in [-0.3, -0.25) is 0 Å². The molecule has 0 saturated carbocycles. The largest absolute Gasteiger partial charge is 0.496 e. The Morgan fingerprint density at radius 2 is 1.32 bits per heavy atom. The van der Waals surface area contributed by atoms with Crippen molar-refractivity contribution < 1.29 is 4.74 Å². The van der Waals surface area contributed by atoms with E-state index in [0.717, 1.165) is 39.9 Å². The Balaban J connectivity index is 1.50. The summed E-state index contributed by atoms with van der Waals surface area (Å²) in [6.45, 7) is 0. The van der Waals surface area contributed by atoms with Crippen LogP contribution in [0.15, 0.2) is 91.3 Å². The maximum Gasteiger partial charge on any atom is 0.134 e. The summed E-state index contributed by atoms with van der Waals surface area (Å²) in [7, 11) is 1.66. The van der Waals surface area contributed by atoms with Crippen molar-refractivity contribution in [2.45, 2.75) is 0 Å². The van der Waals surface area contributed by atoms with Gasteiger partial charge in [0.1, 0.15) is 17.9 Å². The summed E-state index contributed by atoms with van der Waals surface area (Å²) in [5, 5.41) is 6.69. The topological polar surface area (TPSA) is 59.1 Å². The monoisotopic (exact) mass is 368 g/mol. The molecule has 0 aliphatic carbocycles. The maximum atomic E-state index is 5.43. The van der Waals surface area contributed by atoms with Crippen LogP contribution in [0.4, 0.5) is 22.9 Å². The van der Waals surface area contributed by atoms with Gasteiger partial charge in [-0.1, -0.05) is 30.3 Å². The van der Waals surface area contributed by atoms with Crippen LogP contribution in [0.25, 0.3) is 11.3 Å². The van der Waals surface area contributed by atoms with E-state index in [4.69, 9.17) is 4.74 Å². The Kier molecular flexibility index (Phi) is 5.15. The highest BCUT2D eigenvalue weighted by atomic mass is 16.5. The van der Waals surface area contributed by atoms with Gasteiger partial charge in [-0.2, -0.15) is 0 Å². The molecular weight excluding hydrogens is 348 g/mol. The minimum atomic E-state index is 0.722. The minimum Gasteiger partial charge on any atom is -0.496 e. The van der Waals surface area contributed by atoms with E-state index in [1.165, 1.54) is 0 Å². The molecule has 0 amide bonds. The molecule has 0 spiro atoms. The maximum absolute atomic E-state index is 5.43. The Morgan fingerprint density at radius 1 is 0.679 bits per heavy atom. The summed E-state index contributed by atoms with van der Waals surface area (Å²) in [5.74, 6) is 1.50. The van der Waals surface area contributed by atoms with Gasteiger partial charge in [-0.25, -0.2) is 9.97 Å². The summed E-state index contributed by atoms with van der Waals surface area (Å²) in [4.78, 5) is 8.71. The van der Waals surface area contributed by atoms with Gasteiger partial charge < -0.3 is 15.4 Å². The lowest BCUT2D eigenvalue weighted by molar-refractivity contribution is 0.416. The molecule has 2 N–H and O–H groups in total. The second kappa shape index (κ2) is 8.22. The molecule has 0 fully saturated rings. The van der Waals surface area contributed by atoms with Crippen molar-refractivity contribution in [1.29, 1.82) is 0 Å². The molecule has 0 bridgehead atoms. The quantitative estimate of drug-likeness (QED) is 0.461. The minimum absolute atomic E-state index is 0.722. The van der Waals surface area contributed by atoms with E-state index in [-0.39, 0.29) is 0 Å². The number of ether oxygens (including phenoxy) is 1. The zero-order valence-electron chi connectivity index (χ0n) is 15.5. The molecule has 28 heavy (non-hydrogen) atoms. The Labute approximate surface area is 164 Å². The van der Waals surface area contributed by atoms with Crippen LogP contribution in [-0.2, 0) is 0 Å². The van der Waals surface area contributed by atoms with Crippen molar-refractivity contribution in [2.75, 3.05) is 17.7 Å². The predicted molar refractivity (Wildman–Crippen MR) is 113 cm³/mol. The van der Waals surface area contributed by atoms with E-state index >= 15 is 0 Å². The van der Waals surface area contributed by atoms with Crippen LogP contribution in [0.5, 0.6) is 5.75 Å². The third-order valence-corrected chi connectivity index (χ3v) is 4.27. The fourth-order valence-corrected chi connectivity index (χ4v) is 2.90. The van der Waals surface area contributed by atoms with Crippen LogP contribution in [0.2, 0.25) is 0 Å². The first-order chi connectivity index (χ1) is 13.8. The molecule has 0 aliphatic heterocycles. The molecule has 1 heterocycles. The Morgan fingerprint density at radius 3 is 2.07 bits per heavy atom. The second-order valence-corrected chi connectivity index (χ2v) is 6.18. The average molecular weight is 368 g/mol. The number of nitrogens with zero attached hydrogens (tertiary/aromatic N) is 2. The highest BCUT2D eigenvalue weighted by Gasteiger charge is 2.08. The van der Waals surface area contributed by atoms with Crippen LogP contribution in [0, 0.1) is 0 Å². The number of hydrogen-bond acceptors (Lipinski definition) is 5. The lowest BCUT2D eigenvalue weighted by Crippen LogP contribution is -1.97. The number of anilines is 4. The summed E-state index contributed by atoms with van der Waals surface area (Å²) in [6, 6.07) is 27.9. The van der Waals surface area contributed by atoms with E-state index in [1.807, 2.05) is 84.9 Å². The van der Waals surface area contributed by atoms with Crippen LogP contribution in [0.3, 0.4) is 0 Å². The van der Waals surface area contributed by atoms with Gasteiger partial charge in [0.2, 0.25) is 0 Å². The number of nitrogens with one attached hydrogen (secondary N) is 2. The molecule has 0 saturated heterocycles. The standard InChI is InChI=1S/C23H20N4O/c1-28-22-10-6-5-9-20(22)21-15-23(25-16-24-21)27-19-13-11-18(12-14-19)26-17-7-3-2-4-8-17/h2-16,26H,1H3,(H,24,25,27). The Bertz CT molecular complexity index is 1050.